The Balaban J connectivity index is 0.00000121. The van der Waals surface area contributed by atoms with Gasteiger partial charge in [0.1, 0.15) is 5.69 Å². The summed E-state index contributed by atoms with van der Waals surface area (Å²) in [6, 6.07) is 7.63. The lowest BCUT2D eigenvalue weighted by Crippen LogP contribution is -2.48. The van der Waals surface area contributed by atoms with Gasteiger partial charge in [0.15, 0.2) is 0 Å². The van der Waals surface area contributed by atoms with E-state index in [0.29, 0.717) is 23.8 Å². The normalized spacial score (nSPS) is 17.3. The molecule has 2 aromatic rings. The first-order chi connectivity index (χ1) is 9.77. The molecule has 0 bridgehead atoms. The molecule has 3 rings (SSSR count). The van der Waals surface area contributed by atoms with Gasteiger partial charge in [0.25, 0.3) is 5.91 Å². The van der Waals surface area contributed by atoms with Gasteiger partial charge in [0.2, 0.25) is 0 Å². The van der Waals surface area contributed by atoms with Crippen LogP contribution in [0.5, 0.6) is 0 Å². The van der Waals surface area contributed by atoms with Crippen molar-refractivity contribution in [3.8, 4) is 0 Å². The standard InChI is InChI=1S/C14H14ClN3OS.2ClH/c15-11-4-2-1-3-10(11)13-7-16-5-6-18(13)14(19)12-8-20-9-17-12;;/h1-4,8-9,13,16H,5-7H2;2*1H. The molecule has 1 aliphatic heterocycles. The maximum atomic E-state index is 12.6. The zero-order chi connectivity index (χ0) is 13.9. The van der Waals surface area contributed by atoms with E-state index in [1.807, 2.05) is 29.2 Å². The Bertz CT molecular complexity index is 609. The summed E-state index contributed by atoms with van der Waals surface area (Å²) in [5, 5.41) is 5.80. The first kappa shape index (κ1) is 19.2. The number of halogens is 3. The monoisotopic (exact) mass is 379 g/mol. The molecule has 1 aromatic heterocycles. The number of carbonyl (C=O) groups excluding carboxylic acids is 1. The number of nitrogens with zero attached hydrogens (tertiary/aromatic N) is 2. The van der Waals surface area contributed by atoms with Crippen LogP contribution in [0.1, 0.15) is 22.1 Å². The lowest BCUT2D eigenvalue weighted by Gasteiger charge is -2.36. The molecule has 8 heteroatoms. The highest BCUT2D eigenvalue weighted by Crippen LogP contribution is 2.29. The highest BCUT2D eigenvalue weighted by molar-refractivity contribution is 7.07. The van der Waals surface area contributed by atoms with Gasteiger partial charge in [-0.25, -0.2) is 4.98 Å². The SMILES string of the molecule is Cl.Cl.O=C(c1cscn1)N1CCNCC1c1ccccc1Cl. The number of rotatable bonds is 2. The third-order valence-corrected chi connectivity index (χ3v) is 4.35. The topological polar surface area (TPSA) is 45.2 Å². The molecule has 1 atom stereocenters. The van der Waals surface area contributed by atoms with Crippen molar-refractivity contribution in [2.75, 3.05) is 19.6 Å². The van der Waals surface area contributed by atoms with E-state index in [-0.39, 0.29) is 36.8 Å². The fourth-order valence-corrected chi connectivity index (χ4v) is 3.22. The Morgan fingerprint density at radius 3 is 2.82 bits per heavy atom. The predicted molar refractivity (Wildman–Crippen MR) is 94.7 cm³/mol. The number of piperazine rings is 1. The highest BCUT2D eigenvalue weighted by atomic mass is 35.5. The van der Waals surface area contributed by atoms with Crippen LogP contribution in [-0.2, 0) is 0 Å². The summed E-state index contributed by atoms with van der Waals surface area (Å²) in [5.41, 5.74) is 3.17. The number of benzene rings is 1. The molecule has 0 saturated carbocycles. The van der Waals surface area contributed by atoms with Gasteiger partial charge in [0.05, 0.1) is 11.6 Å². The number of hydrogen-bond donors (Lipinski definition) is 1. The maximum absolute atomic E-state index is 12.6. The van der Waals surface area contributed by atoms with E-state index in [1.54, 1.807) is 10.9 Å². The van der Waals surface area contributed by atoms with Gasteiger partial charge in [-0.05, 0) is 11.6 Å². The number of amides is 1. The molecule has 1 saturated heterocycles. The first-order valence-electron chi connectivity index (χ1n) is 6.41. The second-order valence-corrected chi connectivity index (χ2v) is 5.74. The van der Waals surface area contributed by atoms with Crippen molar-refractivity contribution in [2.45, 2.75) is 6.04 Å². The molecule has 22 heavy (non-hydrogen) atoms. The van der Waals surface area contributed by atoms with Crippen LogP contribution in [0.4, 0.5) is 0 Å². The second-order valence-electron chi connectivity index (χ2n) is 4.61. The van der Waals surface area contributed by atoms with Gasteiger partial charge in [-0.15, -0.1) is 36.2 Å². The van der Waals surface area contributed by atoms with Crippen molar-refractivity contribution in [1.82, 2.24) is 15.2 Å². The number of nitrogens with one attached hydrogen (secondary N) is 1. The van der Waals surface area contributed by atoms with Gasteiger partial charge in [-0.1, -0.05) is 29.8 Å². The van der Waals surface area contributed by atoms with Gasteiger partial charge in [-0.2, -0.15) is 0 Å². The minimum Gasteiger partial charge on any atom is -0.328 e. The van der Waals surface area contributed by atoms with E-state index in [2.05, 4.69) is 10.3 Å². The van der Waals surface area contributed by atoms with E-state index >= 15 is 0 Å². The van der Waals surface area contributed by atoms with E-state index in [9.17, 15) is 4.79 Å². The minimum absolute atomic E-state index is 0. The highest BCUT2D eigenvalue weighted by Gasteiger charge is 2.30. The van der Waals surface area contributed by atoms with E-state index < -0.39 is 0 Å². The molecular formula is C14H16Cl3N3OS. The Morgan fingerprint density at radius 2 is 2.14 bits per heavy atom. The van der Waals surface area contributed by atoms with Crippen LogP contribution >= 0.6 is 47.8 Å². The van der Waals surface area contributed by atoms with Crippen LogP contribution in [0.3, 0.4) is 0 Å². The molecule has 1 aliphatic rings. The van der Waals surface area contributed by atoms with Crippen LogP contribution in [-0.4, -0.2) is 35.4 Å². The summed E-state index contributed by atoms with van der Waals surface area (Å²) < 4.78 is 0. The van der Waals surface area contributed by atoms with Crippen LogP contribution in [0.15, 0.2) is 35.2 Å². The molecule has 0 aliphatic carbocycles. The largest absolute Gasteiger partial charge is 0.328 e. The molecule has 1 amide bonds. The zero-order valence-electron chi connectivity index (χ0n) is 11.6. The van der Waals surface area contributed by atoms with E-state index in [4.69, 9.17) is 11.6 Å². The average Bonchev–Trinajstić information content (AvgIpc) is 3.01. The number of thiazole rings is 1. The Morgan fingerprint density at radius 1 is 1.36 bits per heavy atom. The lowest BCUT2D eigenvalue weighted by atomic mass is 10.0. The summed E-state index contributed by atoms with van der Waals surface area (Å²) >= 11 is 7.70. The molecule has 0 spiro atoms. The van der Waals surface area contributed by atoms with Gasteiger partial charge in [-0.3, -0.25) is 4.79 Å². The third kappa shape index (κ3) is 3.91. The summed E-state index contributed by atoms with van der Waals surface area (Å²) in [7, 11) is 0. The Hall–Kier alpha value is -0.850. The number of aromatic nitrogens is 1. The van der Waals surface area contributed by atoms with Crippen LogP contribution < -0.4 is 5.32 Å². The fraction of sp³-hybridized carbons (Fsp3) is 0.286. The second kappa shape index (κ2) is 8.70. The lowest BCUT2D eigenvalue weighted by molar-refractivity contribution is 0.0629. The van der Waals surface area contributed by atoms with Crippen LogP contribution in [0.25, 0.3) is 0 Å². The molecule has 2 heterocycles. The summed E-state index contributed by atoms with van der Waals surface area (Å²) in [6.07, 6.45) is 0. The molecule has 4 nitrogen and oxygen atoms in total. The molecule has 1 aromatic carbocycles. The predicted octanol–water partition coefficient (Wildman–Crippen LogP) is 3.43. The molecule has 1 fully saturated rings. The van der Waals surface area contributed by atoms with Crippen molar-refractivity contribution in [3.05, 3.63) is 51.4 Å². The average molecular weight is 381 g/mol. The molecular weight excluding hydrogens is 365 g/mol. The van der Waals surface area contributed by atoms with Crippen molar-refractivity contribution >= 4 is 53.7 Å². The van der Waals surface area contributed by atoms with E-state index in [0.717, 1.165) is 12.1 Å². The smallest absolute Gasteiger partial charge is 0.273 e. The van der Waals surface area contributed by atoms with Gasteiger partial charge in [0, 0.05) is 30.0 Å². The molecule has 1 N–H and O–H groups in total. The quantitative estimate of drug-likeness (QED) is 0.868. The number of carbonyl (C=O) groups is 1. The third-order valence-electron chi connectivity index (χ3n) is 3.42. The minimum atomic E-state index is -0.0494. The van der Waals surface area contributed by atoms with Crippen molar-refractivity contribution in [2.24, 2.45) is 0 Å². The maximum Gasteiger partial charge on any atom is 0.273 e. The fourth-order valence-electron chi connectivity index (χ4n) is 2.44. The van der Waals surface area contributed by atoms with Crippen molar-refractivity contribution in [1.29, 1.82) is 0 Å². The van der Waals surface area contributed by atoms with Crippen molar-refractivity contribution < 1.29 is 4.79 Å². The first-order valence-corrected chi connectivity index (χ1v) is 7.74. The van der Waals surface area contributed by atoms with E-state index in [1.165, 1.54) is 11.3 Å². The van der Waals surface area contributed by atoms with Crippen molar-refractivity contribution in [3.63, 3.8) is 0 Å². The van der Waals surface area contributed by atoms with Gasteiger partial charge >= 0.3 is 0 Å². The Labute approximate surface area is 150 Å². The molecule has 1 unspecified atom stereocenters. The van der Waals surface area contributed by atoms with Gasteiger partial charge < -0.3 is 10.2 Å². The Kier molecular flexibility index (Phi) is 7.59. The summed E-state index contributed by atoms with van der Waals surface area (Å²) in [5.74, 6) is -0.0299. The van der Waals surface area contributed by atoms with Crippen LogP contribution in [0, 0.1) is 0 Å². The molecule has 120 valence electrons. The van der Waals surface area contributed by atoms with Crippen LogP contribution in [0.2, 0.25) is 5.02 Å². The number of hydrogen-bond acceptors (Lipinski definition) is 4. The summed E-state index contributed by atoms with van der Waals surface area (Å²) in [6.45, 7) is 2.16. The summed E-state index contributed by atoms with van der Waals surface area (Å²) in [4.78, 5) is 18.5. The molecule has 0 radical (unpaired) electrons. The zero-order valence-corrected chi connectivity index (χ0v) is 14.8.